The number of nitrogens with one attached hydrogen (secondary N) is 3. The van der Waals surface area contributed by atoms with Crippen molar-refractivity contribution in [1.29, 1.82) is 5.26 Å². The Labute approximate surface area is 162 Å². The third-order valence-corrected chi connectivity index (χ3v) is 5.52. The van der Waals surface area contributed by atoms with Crippen molar-refractivity contribution in [1.82, 2.24) is 25.9 Å². The summed E-state index contributed by atoms with van der Waals surface area (Å²) < 4.78 is 2.18. The molecule has 7 heteroatoms. The van der Waals surface area contributed by atoms with Crippen LogP contribution in [0.25, 0.3) is 22.5 Å². The van der Waals surface area contributed by atoms with Gasteiger partial charge in [0.25, 0.3) is 0 Å². The van der Waals surface area contributed by atoms with Crippen LogP contribution in [0.4, 0.5) is 0 Å². The first-order valence-corrected chi connectivity index (χ1v) is 9.86. The van der Waals surface area contributed by atoms with E-state index in [-0.39, 0.29) is 0 Å². The van der Waals surface area contributed by atoms with E-state index in [4.69, 9.17) is 4.98 Å². The number of aryl methyl sites for hydroxylation is 1. The molecule has 27 heavy (non-hydrogen) atoms. The maximum absolute atomic E-state index is 9.28. The van der Waals surface area contributed by atoms with E-state index >= 15 is 0 Å². The molecule has 1 aliphatic heterocycles. The molecule has 1 atom stereocenters. The zero-order chi connectivity index (χ0) is 18.5. The van der Waals surface area contributed by atoms with E-state index < -0.39 is 0 Å². The molecule has 1 saturated heterocycles. The van der Waals surface area contributed by atoms with Crippen LogP contribution >= 0.6 is 11.8 Å². The molecule has 6 nitrogen and oxygen atoms in total. The van der Waals surface area contributed by atoms with Crippen LogP contribution < -0.4 is 16.4 Å². The molecule has 1 aromatic heterocycles. The Balaban J connectivity index is 1.66. The van der Waals surface area contributed by atoms with Gasteiger partial charge >= 0.3 is 0 Å². The Bertz CT molecular complexity index is 941. The standard InChI is InChI=1S/C20H20N6S/c21-12-15-5-4-8-17(11-15)20-19(16-6-2-1-3-7-16)22-14-26(20)9-10-27-18-13-23-25-24-18/h1-8,11,14,18,23-25H,9-10,13H2. The predicted molar refractivity (Wildman–Crippen MR) is 108 cm³/mol. The SMILES string of the molecule is N#Cc1cccc(-c2c(-c3ccccc3)ncn2CCSC2CNNN2)c1. The highest BCUT2D eigenvalue weighted by Gasteiger charge is 2.17. The van der Waals surface area contributed by atoms with Crippen molar-refractivity contribution in [3.05, 3.63) is 66.5 Å². The molecule has 3 aromatic rings. The summed E-state index contributed by atoms with van der Waals surface area (Å²) >= 11 is 1.86. The van der Waals surface area contributed by atoms with Gasteiger partial charge in [0, 0.05) is 30.0 Å². The van der Waals surface area contributed by atoms with Crippen molar-refractivity contribution in [3.8, 4) is 28.6 Å². The molecule has 2 aromatic carbocycles. The van der Waals surface area contributed by atoms with Gasteiger partial charge in [0.1, 0.15) is 0 Å². The smallest absolute Gasteiger partial charge is 0.0991 e. The summed E-state index contributed by atoms with van der Waals surface area (Å²) in [5.74, 6) is 0.955. The van der Waals surface area contributed by atoms with Crippen molar-refractivity contribution < 1.29 is 0 Å². The summed E-state index contributed by atoms with van der Waals surface area (Å²) in [5, 5.41) is 9.64. The lowest BCUT2D eigenvalue weighted by Crippen LogP contribution is -2.32. The number of nitriles is 1. The second kappa shape index (κ2) is 8.37. The van der Waals surface area contributed by atoms with E-state index in [1.807, 2.05) is 60.6 Å². The molecular weight excluding hydrogens is 356 g/mol. The number of hydrogen-bond donors (Lipinski definition) is 3. The van der Waals surface area contributed by atoms with Gasteiger partial charge in [0.15, 0.2) is 0 Å². The molecule has 0 radical (unpaired) electrons. The summed E-state index contributed by atoms with van der Waals surface area (Å²) in [6.07, 6.45) is 1.90. The minimum Gasteiger partial charge on any atom is -0.329 e. The molecule has 0 bridgehead atoms. The number of thioether (sulfide) groups is 1. The number of benzene rings is 2. The molecule has 2 heterocycles. The average molecular weight is 376 g/mol. The van der Waals surface area contributed by atoms with Crippen LogP contribution in [-0.4, -0.2) is 27.2 Å². The summed E-state index contributed by atoms with van der Waals surface area (Å²) in [7, 11) is 0. The minimum atomic E-state index is 0.354. The predicted octanol–water partition coefficient (Wildman–Crippen LogP) is 2.76. The lowest BCUT2D eigenvalue weighted by atomic mass is 10.0. The van der Waals surface area contributed by atoms with E-state index in [0.29, 0.717) is 10.9 Å². The van der Waals surface area contributed by atoms with Crippen molar-refractivity contribution in [2.45, 2.75) is 11.9 Å². The van der Waals surface area contributed by atoms with Crippen molar-refractivity contribution in [3.63, 3.8) is 0 Å². The molecule has 0 spiro atoms. The normalized spacial score (nSPS) is 16.3. The molecule has 136 valence electrons. The number of aromatic nitrogens is 2. The van der Waals surface area contributed by atoms with Crippen molar-refractivity contribution >= 4 is 11.8 Å². The van der Waals surface area contributed by atoms with Crippen LogP contribution in [0.1, 0.15) is 5.56 Å². The molecule has 1 fully saturated rings. The lowest BCUT2D eigenvalue weighted by Gasteiger charge is -2.12. The third-order valence-electron chi connectivity index (χ3n) is 4.41. The van der Waals surface area contributed by atoms with Crippen LogP contribution in [0.15, 0.2) is 60.9 Å². The van der Waals surface area contributed by atoms with Crippen LogP contribution in [0.3, 0.4) is 0 Å². The highest BCUT2D eigenvalue weighted by molar-refractivity contribution is 7.99. The highest BCUT2D eigenvalue weighted by atomic mass is 32.2. The Morgan fingerprint density at radius 3 is 2.78 bits per heavy atom. The Kier molecular flexibility index (Phi) is 5.51. The zero-order valence-corrected chi connectivity index (χ0v) is 15.5. The van der Waals surface area contributed by atoms with Crippen LogP contribution in [0.2, 0.25) is 0 Å². The molecular formula is C20H20N6S. The van der Waals surface area contributed by atoms with Gasteiger partial charge in [-0.3, -0.25) is 0 Å². The summed E-state index contributed by atoms with van der Waals surface area (Å²) in [6, 6.07) is 20.1. The lowest BCUT2D eigenvalue weighted by molar-refractivity contribution is 0.586. The van der Waals surface area contributed by atoms with Crippen LogP contribution in [0, 0.1) is 11.3 Å². The van der Waals surface area contributed by atoms with E-state index in [1.165, 1.54) is 0 Å². The van der Waals surface area contributed by atoms with E-state index in [0.717, 1.165) is 41.4 Å². The monoisotopic (exact) mass is 376 g/mol. The first kappa shape index (κ1) is 17.8. The van der Waals surface area contributed by atoms with E-state index in [9.17, 15) is 5.26 Å². The topological polar surface area (TPSA) is 77.7 Å². The van der Waals surface area contributed by atoms with Gasteiger partial charge in [0.2, 0.25) is 0 Å². The van der Waals surface area contributed by atoms with Crippen LogP contribution in [0.5, 0.6) is 0 Å². The number of nitrogens with zero attached hydrogens (tertiary/aromatic N) is 3. The van der Waals surface area contributed by atoms with E-state index in [1.54, 1.807) is 0 Å². The maximum Gasteiger partial charge on any atom is 0.0991 e. The molecule has 0 amide bonds. The molecule has 0 saturated carbocycles. The number of hydrazine groups is 2. The van der Waals surface area contributed by atoms with Gasteiger partial charge < -0.3 is 4.57 Å². The number of hydrogen-bond acceptors (Lipinski definition) is 6. The molecule has 3 N–H and O–H groups in total. The zero-order valence-electron chi connectivity index (χ0n) is 14.7. The van der Waals surface area contributed by atoms with Gasteiger partial charge in [-0.2, -0.15) is 10.8 Å². The van der Waals surface area contributed by atoms with Gasteiger partial charge in [-0.15, -0.1) is 11.8 Å². The molecule has 0 aliphatic carbocycles. The number of rotatable bonds is 6. The van der Waals surface area contributed by atoms with Gasteiger partial charge in [-0.25, -0.2) is 15.8 Å². The Morgan fingerprint density at radius 1 is 1.15 bits per heavy atom. The summed E-state index contributed by atoms with van der Waals surface area (Å²) in [5.41, 5.74) is 13.9. The Morgan fingerprint density at radius 2 is 2.00 bits per heavy atom. The van der Waals surface area contributed by atoms with Gasteiger partial charge in [0.05, 0.1) is 34.7 Å². The van der Waals surface area contributed by atoms with E-state index in [2.05, 4.69) is 39.2 Å². The quantitative estimate of drug-likeness (QED) is 0.614. The fraction of sp³-hybridized carbons (Fsp3) is 0.200. The largest absolute Gasteiger partial charge is 0.329 e. The van der Waals surface area contributed by atoms with Crippen molar-refractivity contribution in [2.75, 3.05) is 12.3 Å². The first-order valence-electron chi connectivity index (χ1n) is 8.81. The van der Waals surface area contributed by atoms with Crippen molar-refractivity contribution in [2.24, 2.45) is 0 Å². The van der Waals surface area contributed by atoms with Gasteiger partial charge in [-0.05, 0) is 12.1 Å². The fourth-order valence-corrected chi connectivity index (χ4v) is 4.05. The molecule has 1 unspecified atom stereocenters. The fourth-order valence-electron chi connectivity index (χ4n) is 3.12. The third kappa shape index (κ3) is 4.04. The highest BCUT2D eigenvalue weighted by Crippen LogP contribution is 2.32. The van der Waals surface area contributed by atoms with Gasteiger partial charge in [-0.1, -0.05) is 42.5 Å². The molecule has 1 aliphatic rings. The summed E-state index contributed by atoms with van der Waals surface area (Å²) in [4.78, 5) is 4.70. The van der Waals surface area contributed by atoms with Crippen LogP contribution in [-0.2, 0) is 6.54 Å². The second-order valence-corrected chi connectivity index (χ2v) is 7.51. The Hall–Kier alpha value is -2.63. The maximum atomic E-state index is 9.28. The first-order chi connectivity index (χ1) is 13.3. The summed E-state index contributed by atoms with van der Waals surface area (Å²) in [6.45, 7) is 1.73. The minimum absolute atomic E-state index is 0.354. The number of imidazole rings is 1. The second-order valence-electron chi connectivity index (χ2n) is 6.20. The average Bonchev–Trinajstić information content (AvgIpc) is 3.39. The molecule has 4 rings (SSSR count).